The van der Waals surface area contributed by atoms with Crippen LogP contribution in [0.2, 0.25) is 10.0 Å². The molecule has 0 saturated heterocycles. The van der Waals surface area contributed by atoms with Gasteiger partial charge in [-0.25, -0.2) is 4.98 Å². The van der Waals surface area contributed by atoms with E-state index in [1.807, 2.05) is 0 Å². The van der Waals surface area contributed by atoms with Crippen LogP contribution >= 0.6 is 23.2 Å². The summed E-state index contributed by atoms with van der Waals surface area (Å²) in [6, 6.07) is 10.9. The van der Waals surface area contributed by atoms with Crippen molar-refractivity contribution < 1.29 is 14.4 Å². The number of oxazole rings is 1. The van der Waals surface area contributed by atoms with E-state index in [-0.39, 0.29) is 17.3 Å². The monoisotopic (exact) mass is 403 g/mol. The van der Waals surface area contributed by atoms with E-state index >= 15 is 0 Å². The largest absolute Gasteiger partial charge is 0.479 e. The van der Waals surface area contributed by atoms with Gasteiger partial charge in [0.15, 0.2) is 5.69 Å². The molecule has 7 nitrogen and oxygen atoms in total. The van der Waals surface area contributed by atoms with Gasteiger partial charge in [0, 0.05) is 23.2 Å². The summed E-state index contributed by atoms with van der Waals surface area (Å²) in [5, 5.41) is 21.5. The second-order valence-corrected chi connectivity index (χ2v) is 6.13. The highest BCUT2D eigenvalue weighted by molar-refractivity contribution is 6.35. The van der Waals surface area contributed by atoms with Crippen LogP contribution in [0.25, 0.3) is 12.2 Å². The van der Waals surface area contributed by atoms with Crippen LogP contribution in [0, 0.1) is 10.1 Å². The second kappa shape index (κ2) is 8.03. The van der Waals surface area contributed by atoms with Gasteiger partial charge in [-0.1, -0.05) is 35.3 Å². The molecule has 2 aromatic carbocycles. The lowest BCUT2D eigenvalue weighted by Crippen LogP contribution is -1.87. The minimum absolute atomic E-state index is 0.0291. The number of non-ortho nitro benzene ring substituents is 1. The summed E-state index contributed by atoms with van der Waals surface area (Å²) in [7, 11) is 0. The van der Waals surface area contributed by atoms with Gasteiger partial charge in [0.05, 0.1) is 21.8 Å². The van der Waals surface area contributed by atoms with Crippen molar-refractivity contribution in [1.29, 1.82) is 0 Å². The fourth-order valence-corrected chi connectivity index (χ4v) is 2.45. The number of hydrogen-bond acceptors (Lipinski definition) is 6. The van der Waals surface area contributed by atoms with Crippen molar-refractivity contribution in [3.05, 3.63) is 79.8 Å². The van der Waals surface area contributed by atoms with Crippen LogP contribution in [0.5, 0.6) is 5.95 Å². The molecule has 3 aromatic rings. The molecule has 0 amide bonds. The summed E-state index contributed by atoms with van der Waals surface area (Å²) in [6.45, 7) is 0. The van der Waals surface area contributed by atoms with Crippen molar-refractivity contribution in [2.75, 3.05) is 0 Å². The molecule has 1 N–H and O–H groups in total. The summed E-state index contributed by atoms with van der Waals surface area (Å²) in [4.78, 5) is 18.5. The minimum Gasteiger partial charge on any atom is -0.479 e. The average molecular weight is 404 g/mol. The lowest BCUT2D eigenvalue weighted by molar-refractivity contribution is -0.384. The Bertz CT molecular complexity index is 1060. The number of aliphatic imine (C=N–C) groups is 1. The molecule has 0 fully saturated rings. The van der Waals surface area contributed by atoms with E-state index in [0.29, 0.717) is 21.3 Å². The van der Waals surface area contributed by atoms with Crippen LogP contribution in [0.4, 0.5) is 11.4 Å². The number of benzene rings is 2. The molecule has 136 valence electrons. The third-order valence-corrected chi connectivity index (χ3v) is 3.94. The highest BCUT2D eigenvalue weighted by atomic mass is 35.5. The fraction of sp³-hybridized carbons (Fsp3) is 0. The van der Waals surface area contributed by atoms with Gasteiger partial charge >= 0.3 is 5.95 Å². The Morgan fingerprint density at radius 3 is 2.78 bits per heavy atom. The smallest absolute Gasteiger partial charge is 0.312 e. The zero-order valence-electron chi connectivity index (χ0n) is 13.5. The quantitative estimate of drug-likeness (QED) is 0.343. The Labute approximate surface area is 163 Å². The van der Waals surface area contributed by atoms with Crippen LogP contribution in [0.3, 0.4) is 0 Å². The Morgan fingerprint density at radius 2 is 2.00 bits per heavy atom. The molecule has 0 atom stereocenters. The van der Waals surface area contributed by atoms with Gasteiger partial charge in [0.2, 0.25) is 5.89 Å². The fourth-order valence-electron chi connectivity index (χ4n) is 2.12. The molecule has 0 aliphatic rings. The zero-order chi connectivity index (χ0) is 19.4. The highest BCUT2D eigenvalue weighted by Crippen LogP contribution is 2.28. The summed E-state index contributed by atoms with van der Waals surface area (Å²) < 4.78 is 5.13. The van der Waals surface area contributed by atoms with Gasteiger partial charge in [-0.2, -0.15) is 0 Å². The lowest BCUT2D eigenvalue weighted by Gasteiger charge is -1.97. The second-order valence-electron chi connectivity index (χ2n) is 5.28. The number of aromatic hydroxyl groups is 1. The summed E-state index contributed by atoms with van der Waals surface area (Å²) in [5.74, 6) is -0.312. The topological polar surface area (TPSA) is 102 Å². The van der Waals surface area contributed by atoms with Crippen molar-refractivity contribution in [3.8, 4) is 5.95 Å². The standard InChI is InChI=1S/C18H11Cl2N3O4/c19-12-5-6-14(20)15(9-12)21-10-16-18(24)27-17(22-16)7-4-11-2-1-3-13(8-11)23(25)26/h1-10,24H. The molecule has 0 bridgehead atoms. The van der Waals surface area contributed by atoms with E-state index in [9.17, 15) is 15.2 Å². The number of aromatic nitrogens is 1. The first kappa shape index (κ1) is 18.6. The lowest BCUT2D eigenvalue weighted by atomic mass is 10.2. The SMILES string of the molecule is O=[N+]([O-])c1cccc(C=Cc2nc(C=Nc3cc(Cl)ccc3Cl)c(O)o2)c1. The molecule has 0 unspecified atom stereocenters. The molecule has 0 aliphatic heterocycles. The first-order valence-electron chi connectivity index (χ1n) is 7.54. The van der Waals surface area contributed by atoms with E-state index in [1.54, 1.807) is 36.4 Å². The predicted octanol–water partition coefficient (Wildman–Crippen LogP) is 5.52. The van der Waals surface area contributed by atoms with Gasteiger partial charge in [-0.3, -0.25) is 15.1 Å². The van der Waals surface area contributed by atoms with E-state index in [4.69, 9.17) is 27.6 Å². The summed E-state index contributed by atoms with van der Waals surface area (Å²) in [6.07, 6.45) is 4.34. The van der Waals surface area contributed by atoms with Crippen molar-refractivity contribution >= 4 is 52.9 Å². The first-order valence-corrected chi connectivity index (χ1v) is 8.29. The Kier molecular flexibility index (Phi) is 5.54. The van der Waals surface area contributed by atoms with E-state index in [2.05, 4.69) is 9.98 Å². The van der Waals surface area contributed by atoms with Crippen molar-refractivity contribution in [3.63, 3.8) is 0 Å². The molecular weight excluding hydrogens is 393 g/mol. The molecule has 1 heterocycles. The molecule has 0 spiro atoms. The maximum absolute atomic E-state index is 10.8. The third-order valence-electron chi connectivity index (χ3n) is 3.38. The van der Waals surface area contributed by atoms with E-state index in [0.717, 1.165) is 0 Å². The van der Waals surface area contributed by atoms with Crippen LogP contribution in [-0.2, 0) is 0 Å². The normalized spacial score (nSPS) is 11.5. The van der Waals surface area contributed by atoms with E-state index in [1.165, 1.54) is 24.4 Å². The molecule has 0 radical (unpaired) electrons. The number of rotatable bonds is 5. The van der Waals surface area contributed by atoms with Gasteiger partial charge < -0.3 is 9.52 Å². The maximum Gasteiger partial charge on any atom is 0.312 e. The maximum atomic E-state index is 10.8. The van der Waals surface area contributed by atoms with Gasteiger partial charge in [-0.15, -0.1) is 0 Å². The molecule has 1 aromatic heterocycles. The van der Waals surface area contributed by atoms with Gasteiger partial charge in [0.25, 0.3) is 5.69 Å². The number of nitro groups is 1. The minimum atomic E-state index is -0.482. The summed E-state index contributed by atoms with van der Waals surface area (Å²) in [5.41, 5.74) is 1.08. The summed E-state index contributed by atoms with van der Waals surface area (Å²) >= 11 is 11.9. The molecule has 0 saturated carbocycles. The van der Waals surface area contributed by atoms with Crippen LogP contribution < -0.4 is 0 Å². The van der Waals surface area contributed by atoms with Crippen molar-refractivity contribution in [2.24, 2.45) is 4.99 Å². The predicted molar refractivity (Wildman–Crippen MR) is 104 cm³/mol. The Hall–Kier alpha value is -3.16. The first-order chi connectivity index (χ1) is 12.9. The molecule has 27 heavy (non-hydrogen) atoms. The molecule has 9 heteroatoms. The zero-order valence-corrected chi connectivity index (χ0v) is 15.1. The Balaban J connectivity index is 1.80. The van der Waals surface area contributed by atoms with Gasteiger partial charge in [0.1, 0.15) is 0 Å². The molecular formula is C18H11Cl2N3O4. The number of hydrogen-bond donors (Lipinski definition) is 1. The van der Waals surface area contributed by atoms with Crippen LogP contribution in [0.15, 0.2) is 51.9 Å². The van der Waals surface area contributed by atoms with Crippen LogP contribution in [0.1, 0.15) is 17.1 Å². The average Bonchev–Trinajstić information content (AvgIpc) is 3.00. The molecule has 3 rings (SSSR count). The third kappa shape index (κ3) is 4.72. The van der Waals surface area contributed by atoms with Crippen LogP contribution in [-0.4, -0.2) is 21.2 Å². The number of nitrogens with zero attached hydrogens (tertiary/aromatic N) is 3. The number of nitro benzene ring substituents is 1. The molecule has 0 aliphatic carbocycles. The van der Waals surface area contributed by atoms with Crippen molar-refractivity contribution in [2.45, 2.75) is 0 Å². The van der Waals surface area contributed by atoms with Crippen molar-refractivity contribution in [1.82, 2.24) is 4.98 Å². The van der Waals surface area contributed by atoms with Gasteiger partial charge in [-0.05, 0) is 29.8 Å². The van der Waals surface area contributed by atoms with E-state index < -0.39 is 10.9 Å². The highest BCUT2D eigenvalue weighted by Gasteiger charge is 2.09. The Morgan fingerprint density at radius 1 is 1.19 bits per heavy atom. The number of halogens is 2.